The maximum Gasteiger partial charge on any atom is 0.573 e. The summed E-state index contributed by atoms with van der Waals surface area (Å²) < 4.78 is 42.1. The zero-order valence-corrected chi connectivity index (χ0v) is 15.9. The number of allylic oxidation sites excluding steroid dienone is 1. The van der Waals surface area contributed by atoms with Crippen LogP contribution < -0.4 is 4.74 Å². The molecule has 0 fully saturated rings. The maximum absolute atomic E-state index is 12.3. The molecule has 0 unspecified atom stereocenters. The summed E-state index contributed by atoms with van der Waals surface area (Å²) in [6, 6.07) is 13.0. The number of rotatable bonds is 7. The molecule has 1 aromatic heterocycles. The molecule has 3 aromatic rings. The zero-order valence-electron chi connectivity index (χ0n) is 15.9. The van der Waals surface area contributed by atoms with E-state index in [1.54, 1.807) is 0 Å². The van der Waals surface area contributed by atoms with E-state index < -0.39 is 6.36 Å². The Morgan fingerprint density at radius 1 is 1.17 bits per heavy atom. The van der Waals surface area contributed by atoms with Crippen LogP contribution in [-0.4, -0.2) is 21.1 Å². The number of hydrogen-bond acceptors (Lipinski definition) is 4. The van der Waals surface area contributed by atoms with Crippen LogP contribution >= 0.6 is 0 Å². The molecule has 2 aromatic carbocycles. The van der Waals surface area contributed by atoms with E-state index in [1.807, 2.05) is 31.2 Å². The van der Waals surface area contributed by atoms with Gasteiger partial charge in [-0.1, -0.05) is 41.9 Å². The first kappa shape index (κ1) is 20.9. The van der Waals surface area contributed by atoms with Gasteiger partial charge in [0.05, 0.1) is 5.69 Å². The Balaban J connectivity index is 1.72. The predicted molar refractivity (Wildman–Crippen MR) is 105 cm³/mol. The minimum absolute atomic E-state index is 0.303. The first-order valence-electron chi connectivity index (χ1n) is 8.97. The molecule has 0 saturated heterocycles. The third-order valence-electron chi connectivity index (χ3n) is 4.22. The Labute approximate surface area is 170 Å². The van der Waals surface area contributed by atoms with Crippen molar-refractivity contribution >= 4 is 0 Å². The molecule has 10 heteroatoms. The van der Waals surface area contributed by atoms with E-state index in [0.29, 0.717) is 17.9 Å². The van der Waals surface area contributed by atoms with Crippen molar-refractivity contribution in [3.63, 3.8) is 0 Å². The van der Waals surface area contributed by atoms with Crippen molar-refractivity contribution in [3.8, 4) is 22.8 Å². The average Bonchev–Trinajstić information content (AvgIpc) is 3.21. The third kappa shape index (κ3) is 5.62. The van der Waals surface area contributed by atoms with Crippen molar-refractivity contribution in [1.29, 1.82) is 0 Å². The van der Waals surface area contributed by atoms with Crippen LogP contribution in [0.3, 0.4) is 0 Å². The highest BCUT2D eigenvalue weighted by molar-refractivity contribution is 5.55. The van der Waals surface area contributed by atoms with Crippen molar-refractivity contribution in [3.05, 3.63) is 82.6 Å². The molecule has 7 nitrogen and oxygen atoms in total. The molecule has 1 heterocycles. The first-order chi connectivity index (χ1) is 14.4. The van der Waals surface area contributed by atoms with Crippen LogP contribution in [0.4, 0.5) is 13.2 Å². The van der Waals surface area contributed by atoms with Crippen LogP contribution in [-0.2, 0) is 6.42 Å². The van der Waals surface area contributed by atoms with Crippen LogP contribution in [0.1, 0.15) is 18.9 Å². The van der Waals surface area contributed by atoms with E-state index in [2.05, 4.69) is 24.8 Å². The minimum Gasteiger partial charge on any atom is -0.406 e. The quantitative estimate of drug-likeness (QED) is 0.271. The third-order valence-corrected chi connectivity index (χ3v) is 4.22. The van der Waals surface area contributed by atoms with Crippen LogP contribution in [0.25, 0.3) is 27.5 Å². The molecule has 0 saturated carbocycles. The summed E-state index contributed by atoms with van der Waals surface area (Å²) in [5.41, 5.74) is 11.8. The second-order valence-electron chi connectivity index (χ2n) is 6.27. The van der Waals surface area contributed by atoms with Crippen molar-refractivity contribution in [2.45, 2.75) is 26.1 Å². The van der Waals surface area contributed by atoms with Gasteiger partial charge in [-0.05, 0) is 48.2 Å². The van der Waals surface area contributed by atoms with Gasteiger partial charge in [-0.3, -0.25) is 0 Å². The SMILES string of the molecule is CCC(=CN=[N+]=[N-])Cc1ccc(-c2ncn(-c3ccc(OC(F)(F)F)cc3)n2)cc1. The minimum atomic E-state index is -4.73. The van der Waals surface area contributed by atoms with Gasteiger partial charge in [-0.15, -0.1) is 18.3 Å². The lowest BCUT2D eigenvalue weighted by atomic mass is 10.0. The fourth-order valence-corrected chi connectivity index (χ4v) is 2.72. The fourth-order valence-electron chi connectivity index (χ4n) is 2.72. The number of azide groups is 1. The van der Waals surface area contributed by atoms with E-state index in [1.165, 1.54) is 41.5 Å². The summed E-state index contributed by atoms with van der Waals surface area (Å²) in [4.78, 5) is 7.01. The smallest absolute Gasteiger partial charge is 0.406 e. The second kappa shape index (κ2) is 9.15. The van der Waals surface area contributed by atoms with Gasteiger partial charge in [0.2, 0.25) is 0 Å². The van der Waals surface area contributed by atoms with E-state index >= 15 is 0 Å². The van der Waals surface area contributed by atoms with Gasteiger partial charge in [-0.25, -0.2) is 9.67 Å². The molecular formula is C20H17F3N6O. The number of nitrogens with zero attached hydrogens (tertiary/aromatic N) is 6. The molecule has 0 aliphatic heterocycles. The largest absolute Gasteiger partial charge is 0.573 e. The molecule has 3 rings (SSSR count). The van der Waals surface area contributed by atoms with Crippen molar-refractivity contribution in [2.75, 3.05) is 0 Å². The average molecular weight is 414 g/mol. The lowest BCUT2D eigenvalue weighted by molar-refractivity contribution is -0.274. The Hall–Kier alpha value is -3.78. The van der Waals surface area contributed by atoms with Gasteiger partial charge in [-0.2, -0.15) is 0 Å². The van der Waals surface area contributed by atoms with E-state index in [4.69, 9.17) is 5.53 Å². The summed E-state index contributed by atoms with van der Waals surface area (Å²) >= 11 is 0. The lowest BCUT2D eigenvalue weighted by Crippen LogP contribution is -2.17. The van der Waals surface area contributed by atoms with Crippen molar-refractivity contribution in [1.82, 2.24) is 14.8 Å². The van der Waals surface area contributed by atoms with Crippen molar-refractivity contribution in [2.24, 2.45) is 5.11 Å². The Morgan fingerprint density at radius 3 is 2.47 bits per heavy atom. The molecule has 0 bridgehead atoms. The molecule has 0 aliphatic carbocycles. The molecule has 0 radical (unpaired) electrons. The molecular weight excluding hydrogens is 397 g/mol. The number of ether oxygens (including phenoxy) is 1. The highest BCUT2D eigenvalue weighted by Crippen LogP contribution is 2.24. The maximum atomic E-state index is 12.3. The highest BCUT2D eigenvalue weighted by Gasteiger charge is 2.30. The zero-order chi connectivity index (χ0) is 21.6. The summed E-state index contributed by atoms with van der Waals surface area (Å²) in [5.74, 6) is 0.181. The molecule has 0 amide bonds. The van der Waals surface area contributed by atoms with Gasteiger partial charge in [0.1, 0.15) is 12.1 Å². The van der Waals surface area contributed by atoms with Gasteiger partial charge in [0.25, 0.3) is 0 Å². The van der Waals surface area contributed by atoms with Crippen LogP contribution in [0.2, 0.25) is 0 Å². The van der Waals surface area contributed by atoms with Gasteiger partial charge in [0.15, 0.2) is 5.82 Å². The lowest BCUT2D eigenvalue weighted by Gasteiger charge is -2.09. The summed E-state index contributed by atoms with van der Waals surface area (Å²) in [5, 5.41) is 7.87. The molecule has 0 N–H and O–H groups in total. The summed E-state index contributed by atoms with van der Waals surface area (Å²) in [6.45, 7) is 1.99. The van der Waals surface area contributed by atoms with Gasteiger partial charge in [0, 0.05) is 16.7 Å². The van der Waals surface area contributed by atoms with Crippen LogP contribution in [0.5, 0.6) is 5.75 Å². The Morgan fingerprint density at radius 2 is 1.87 bits per heavy atom. The molecule has 30 heavy (non-hydrogen) atoms. The number of benzene rings is 2. The van der Waals surface area contributed by atoms with Crippen LogP contribution in [0.15, 0.2) is 71.7 Å². The normalized spacial score (nSPS) is 11.8. The molecule has 154 valence electrons. The molecule has 0 spiro atoms. The van der Waals surface area contributed by atoms with Crippen LogP contribution in [0, 0.1) is 0 Å². The summed E-state index contributed by atoms with van der Waals surface area (Å²) in [7, 11) is 0. The fraction of sp³-hybridized carbons (Fsp3) is 0.200. The Bertz CT molecular complexity index is 1070. The number of aromatic nitrogens is 3. The number of alkyl halides is 3. The molecule has 0 aliphatic rings. The monoisotopic (exact) mass is 414 g/mol. The van der Waals surface area contributed by atoms with E-state index in [0.717, 1.165) is 23.1 Å². The standard InChI is InChI=1S/C20H17F3N6O/c1-2-14(12-26-28-24)11-15-3-5-16(6-4-15)19-25-13-29(27-19)17-7-9-18(10-8-17)30-20(21,22)23/h3-10,12-13H,2,11H2,1H3. The summed E-state index contributed by atoms with van der Waals surface area (Å²) in [6.07, 6.45) is -0.267. The molecule has 0 atom stereocenters. The topological polar surface area (TPSA) is 88.7 Å². The first-order valence-corrected chi connectivity index (χ1v) is 8.97. The number of hydrogen-bond donors (Lipinski definition) is 0. The van der Waals surface area contributed by atoms with Gasteiger partial charge >= 0.3 is 6.36 Å². The number of halogens is 3. The highest BCUT2D eigenvalue weighted by atomic mass is 19.4. The van der Waals surface area contributed by atoms with Gasteiger partial charge < -0.3 is 4.74 Å². The Kier molecular flexibility index (Phi) is 6.38. The second-order valence-corrected chi connectivity index (χ2v) is 6.27. The predicted octanol–water partition coefficient (Wildman–Crippen LogP) is 5.98. The van der Waals surface area contributed by atoms with E-state index in [-0.39, 0.29) is 5.75 Å². The van der Waals surface area contributed by atoms with E-state index in [9.17, 15) is 13.2 Å². The van der Waals surface area contributed by atoms with Crippen molar-refractivity contribution < 1.29 is 17.9 Å².